The van der Waals surface area contributed by atoms with Crippen molar-refractivity contribution in [1.82, 2.24) is 4.72 Å². The first-order valence-corrected chi connectivity index (χ1v) is 6.11. The lowest BCUT2D eigenvalue weighted by atomic mass is 10.0. The first-order chi connectivity index (χ1) is 6.23. The van der Waals surface area contributed by atoms with E-state index < -0.39 is 27.3 Å². The van der Waals surface area contributed by atoms with Gasteiger partial charge < -0.3 is 5.11 Å². The fourth-order valence-corrected chi connectivity index (χ4v) is 2.85. The summed E-state index contributed by atoms with van der Waals surface area (Å²) in [5.41, 5.74) is -0.520. The number of carbonyl (C=O) groups is 1. The number of nitrogens with one attached hydrogen (secondary N) is 1. The van der Waals surface area contributed by atoms with Crippen molar-refractivity contribution in [2.24, 2.45) is 5.92 Å². The Morgan fingerprint density at radius 1 is 1.50 bits per heavy atom. The van der Waals surface area contributed by atoms with Crippen molar-refractivity contribution in [1.29, 1.82) is 0 Å². The number of carboxylic acids is 1. The molecule has 0 atom stereocenters. The molecule has 14 heavy (non-hydrogen) atoms. The van der Waals surface area contributed by atoms with E-state index in [9.17, 15) is 13.2 Å². The van der Waals surface area contributed by atoms with Gasteiger partial charge in [-0.15, -0.1) is 0 Å². The molecule has 1 aliphatic carbocycles. The molecule has 0 amide bonds. The van der Waals surface area contributed by atoms with Crippen molar-refractivity contribution in [2.45, 2.75) is 32.2 Å². The molecule has 0 unspecified atom stereocenters. The van der Waals surface area contributed by atoms with Gasteiger partial charge in [0.2, 0.25) is 10.0 Å². The number of sulfonamides is 1. The Bertz CT molecular complexity index is 329. The summed E-state index contributed by atoms with van der Waals surface area (Å²) >= 11 is 0. The maximum Gasteiger partial charge on any atom is 0.320 e. The summed E-state index contributed by atoms with van der Waals surface area (Å²) in [7, 11) is -3.69. The van der Waals surface area contributed by atoms with Gasteiger partial charge in [0.15, 0.2) is 5.75 Å². The van der Waals surface area contributed by atoms with Crippen molar-refractivity contribution >= 4 is 16.0 Å². The lowest BCUT2D eigenvalue weighted by Crippen LogP contribution is -2.47. The van der Waals surface area contributed by atoms with E-state index in [1.165, 1.54) is 0 Å². The van der Waals surface area contributed by atoms with Gasteiger partial charge in [0.05, 0.1) is 0 Å². The standard InChI is InChI=1S/C8H15NO4S/c1-8(2,6-3-4-6)9-14(12,13)5-7(10)11/h6,9H,3-5H2,1-2H3,(H,10,11). The predicted octanol–water partition coefficient (Wildman–Crippen LogP) is 0.179. The van der Waals surface area contributed by atoms with Crippen molar-refractivity contribution in [3.8, 4) is 0 Å². The summed E-state index contributed by atoms with van der Waals surface area (Å²) in [4.78, 5) is 10.3. The number of rotatable bonds is 5. The topological polar surface area (TPSA) is 83.5 Å². The zero-order chi connectivity index (χ0) is 11.0. The molecule has 1 rings (SSSR count). The average Bonchev–Trinajstić information content (AvgIpc) is 2.57. The summed E-state index contributed by atoms with van der Waals surface area (Å²) < 4.78 is 25.0. The molecular formula is C8H15NO4S. The molecule has 0 heterocycles. The minimum atomic E-state index is -3.69. The lowest BCUT2D eigenvalue weighted by Gasteiger charge is -2.25. The van der Waals surface area contributed by atoms with Crippen LogP contribution < -0.4 is 4.72 Å². The molecule has 1 saturated carbocycles. The average molecular weight is 221 g/mol. The van der Waals surface area contributed by atoms with Gasteiger partial charge in [-0.3, -0.25) is 4.79 Å². The molecule has 2 N–H and O–H groups in total. The van der Waals surface area contributed by atoms with E-state index in [0.29, 0.717) is 5.92 Å². The molecule has 1 fully saturated rings. The third kappa shape index (κ3) is 3.26. The summed E-state index contributed by atoms with van der Waals surface area (Å²) in [5.74, 6) is -1.85. The maximum atomic E-state index is 11.3. The van der Waals surface area contributed by atoms with Crippen LogP contribution >= 0.6 is 0 Å². The summed E-state index contributed by atoms with van der Waals surface area (Å²) in [6.07, 6.45) is 2.01. The van der Waals surface area contributed by atoms with Crippen molar-refractivity contribution in [3.05, 3.63) is 0 Å². The minimum absolute atomic E-state index is 0.339. The van der Waals surface area contributed by atoms with Crippen LogP contribution in [0.4, 0.5) is 0 Å². The normalized spacial score (nSPS) is 18.1. The zero-order valence-electron chi connectivity index (χ0n) is 8.28. The van der Waals surface area contributed by atoms with E-state index in [0.717, 1.165) is 12.8 Å². The van der Waals surface area contributed by atoms with Crippen molar-refractivity contribution in [3.63, 3.8) is 0 Å². The quantitative estimate of drug-likeness (QED) is 0.693. The van der Waals surface area contributed by atoms with E-state index >= 15 is 0 Å². The molecule has 0 bridgehead atoms. The van der Waals surface area contributed by atoms with Crippen LogP contribution in [-0.4, -0.2) is 30.8 Å². The lowest BCUT2D eigenvalue weighted by molar-refractivity contribution is -0.134. The Morgan fingerprint density at radius 3 is 2.36 bits per heavy atom. The molecule has 0 aromatic rings. The Labute approximate surface area is 83.6 Å². The summed E-state index contributed by atoms with van der Waals surface area (Å²) in [6.45, 7) is 3.56. The third-order valence-electron chi connectivity index (χ3n) is 2.33. The fourth-order valence-electron chi connectivity index (χ4n) is 1.49. The zero-order valence-corrected chi connectivity index (χ0v) is 9.10. The Morgan fingerprint density at radius 2 is 2.00 bits per heavy atom. The van der Waals surface area contributed by atoms with Crippen LogP contribution in [0.2, 0.25) is 0 Å². The fraction of sp³-hybridized carbons (Fsp3) is 0.875. The second-order valence-corrected chi connectivity index (χ2v) is 5.97. The molecular weight excluding hydrogens is 206 g/mol. The van der Waals surface area contributed by atoms with Crippen LogP contribution in [0.3, 0.4) is 0 Å². The van der Waals surface area contributed by atoms with Gasteiger partial charge in [0.25, 0.3) is 0 Å². The number of aliphatic carboxylic acids is 1. The minimum Gasteiger partial charge on any atom is -0.480 e. The SMILES string of the molecule is CC(C)(NS(=O)(=O)CC(=O)O)C1CC1. The van der Waals surface area contributed by atoms with Crippen molar-refractivity contribution in [2.75, 3.05) is 5.75 Å². The number of hydrogen-bond donors (Lipinski definition) is 2. The first kappa shape index (κ1) is 11.5. The Hall–Kier alpha value is -0.620. The molecule has 82 valence electrons. The molecule has 0 radical (unpaired) electrons. The van der Waals surface area contributed by atoms with Crippen LogP contribution in [0.15, 0.2) is 0 Å². The molecule has 0 aromatic heterocycles. The highest BCUT2D eigenvalue weighted by atomic mass is 32.2. The maximum absolute atomic E-state index is 11.3. The van der Waals surface area contributed by atoms with Gasteiger partial charge in [-0.25, -0.2) is 13.1 Å². The number of hydrogen-bond acceptors (Lipinski definition) is 3. The Balaban J connectivity index is 2.62. The summed E-state index contributed by atoms with van der Waals surface area (Å²) in [6, 6.07) is 0. The van der Waals surface area contributed by atoms with Gasteiger partial charge in [0, 0.05) is 5.54 Å². The predicted molar refractivity (Wildman–Crippen MR) is 51.4 cm³/mol. The molecule has 0 aromatic carbocycles. The van der Waals surface area contributed by atoms with E-state index in [2.05, 4.69) is 4.72 Å². The van der Waals surface area contributed by atoms with Gasteiger partial charge in [-0.2, -0.15) is 0 Å². The van der Waals surface area contributed by atoms with E-state index in [4.69, 9.17) is 5.11 Å². The molecule has 5 nitrogen and oxygen atoms in total. The van der Waals surface area contributed by atoms with Crippen LogP contribution in [0.5, 0.6) is 0 Å². The Kier molecular flexibility index (Phi) is 2.87. The van der Waals surface area contributed by atoms with Gasteiger partial charge >= 0.3 is 5.97 Å². The highest BCUT2D eigenvalue weighted by Crippen LogP contribution is 2.39. The van der Waals surface area contributed by atoms with E-state index in [1.807, 2.05) is 0 Å². The van der Waals surface area contributed by atoms with Crippen LogP contribution in [0, 0.1) is 5.92 Å². The molecule has 1 aliphatic rings. The molecule has 6 heteroatoms. The van der Waals surface area contributed by atoms with Crippen molar-refractivity contribution < 1.29 is 18.3 Å². The molecule has 0 aliphatic heterocycles. The molecule has 0 spiro atoms. The van der Waals surface area contributed by atoms with E-state index in [-0.39, 0.29) is 0 Å². The van der Waals surface area contributed by atoms with Gasteiger partial charge in [0.1, 0.15) is 0 Å². The van der Waals surface area contributed by atoms with Crippen LogP contribution in [0.1, 0.15) is 26.7 Å². The van der Waals surface area contributed by atoms with Crippen LogP contribution in [-0.2, 0) is 14.8 Å². The largest absolute Gasteiger partial charge is 0.480 e. The van der Waals surface area contributed by atoms with Crippen LogP contribution in [0.25, 0.3) is 0 Å². The summed E-state index contributed by atoms with van der Waals surface area (Å²) in [5, 5.41) is 8.38. The second kappa shape index (κ2) is 3.51. The highest BCUT2D eigenvalue weighted by molar-refractivity contribution is 7.90. The van der Waals surface area contributed by atoms with E-state index in [1.54, 1.807) is 13.8 Å². The second-order valence-electron chi connectivity index (χ2n) is 4.25. The third-order valence-corrected chi connectivity index (χ3v) is 3.79. The molecule has 0 saturated heterocycles. The number of carboxylic acid groups (broad SMARTS) is 1. The van der Waals surface area contributed by atoms with Gasteiger partial charge in [-0.1, -0.05) is 0 Å². The van der Waals surface area contributed by atoms with Gasteiger partial charge in [-0.05, 0) is 32.6 Å². The smallest absolute Gasteiger partial charge is 0.320 e. The monoisotopic (exact) mass is 221 g/mol. The highest BCUT2D eigenvalue weighted by Gasteiger charge is 2.40. The first-order valence-electron chi connectivity index (χ1n) is 4.46.